The van der Waals surface area contributed by atoms with Crippen molar-refractivity contribution in [1.29, 1.82) is 0 Å². The highest BCUT2D eigenvalue weighted by Gasteiger charge is 2.21. The SMILES string of the molecule is Cc1ccc(Br)cc1S(=O)(=O)Nc1nc2c(s1)CNCC2. The number of thiazole rings is 1. The molecular formula is C13H14BrN3O2S2. The normalized spacial score (nSPS) is 14.8. The van der Waals surface area contributed by atoms with Crippen LogP contribution in [0.25, 0.3) is 0 Å². The summed E-state index contributed by atoms with van der Waals surface area (Å²) in [6.45, 7) is 3.41. The van der Waals surface area contributed by atoms with E-state index in [-0.39, 0.29) is 4.90 Å². The summed E-state index contributed by atoms with van der Waals surface area (Å²) >= 11 is 4.70. The van der Waals surface area contributed by atoms with Crippen LogP contribution in [0.1, 0.15) is 16.1 Å². The zero-order valence-electron chi connectivity index (χ0n) is 11.3. The van der Waals surface area contributed by atoms with Gasteiger partial charge in [0.2, 0.25) is 0 Å². The van der Waals surface area contributed by atoms with Gasteiger partial charge in [0, 0.05) is 28.9 Å². The Kier molecular flexibility index (Phi) is 4.04. The largest absolute Gasteiger partial charge is 0.311 e. The lowest BCUT2D eigenvalue weighted by atomic mass is 10.2. The van der Waals surface area contributed by atoms with Crippen LogP contribution in [-0.2, 0) is 23.0 Å². The van der Waals surface area contributed by atoms with Gasteiger partial charge in [0.1, 0.15) is 0 Å². The Labute approximate surface area is 136 Å². The van der Waals surface area contributed by atoms with Crippen LogP contribution >= 0.6 is 27.3 Å². The van der Waals surface area contributed by atoms with Crippen molar-refractivity contribution in [3.8, 4) is 0 Å². The summed E-state index contributed by atoms with van der Waals surface area (Å²) in [5, 5.41) is 3.69. The molecule has 0 saturated heterocycles. The first-order valence-corrected chi connectivity index (χ1v) is 9.53. The molecule has 0 radical (unpaired) electrons. The number of hydrogen-bond acceptors (Lipinski definition) is 5. The molecule has 0 amide bonds. The second-order valence-electron chi connectivity index (χ2n) is 4.83. The Balaban J connectivity index is 1.92. The Morgan fingerprint density at radius 2 is 2.24 bits per heavy atom. The average molecular weight is 388 g/mol. The molecule has 0 atom stereocenters. The van der Waals surface area contributed by atoms with E-state index in [9.17, 15) is 8.42 Å². The number of nitrogens with zero attached hydrogens (tertiary/aromatic N) is 1. The van der Waals surface area contributed by atoms with Crippen LogP contribution in [-0.4, -0.2) is 19.9 Å². The summed E-state index contributed by atoms with van der Waals surface area (Å²) in [4.78, 5) is 5.76. The first-order valence-electron chi connectivity index (χ1n) is 6.44. The topological polar surface area (TPSA) is 71.1 Å². The fourth-order valence-corrected chi connectivity index (χ4v) is 5.20. The lowest BCUT2D eigenvalue weighted by Gasteiger charge is -2.09. The fourth-order valence-electron chi connectivity index (χ4n) is 2.20. The maximum atomic E-state index is 12.5. The molecule has 0 fully saturated rings. The molecule has 1 aromatic heterocycles. The molecule has 1 aliphatic rings. The monoisotopic (exact) mass is 387 g/mol. The van der Waals surface area contributed by atoms with Gasteiger partial charge in [-0.3, -0.25) is 4.72 Å². The third-order valence-corrected chi connectivity index (χ3v) is 6.38. The number of nitrogens with one attached hydrogen (secondary N) is 2. The minimum Gasteiger partial charge on any atom is -0.311 e. The third-order valence-electron chi connectivity index (χ3n) is 3.26. The number of halogens is 1. The van der Waals surface area contributed by atoms with Gasteiger partial charge in [0.25, 0.3) is 10.0 Å². The van der Waals surface area contributed by atoms with Crippen molar-refractivity contribution < 1.29 is 8.42 Å². The standard InChI is InChI=1S/C13H14BrN3O2S2/c1-8-2-3-9(14)6-12(8)21(18,19)17-13-16-10-4-5-15-7-11(10)20-13/h2-3,6,15H,4-5,7H2,1H3,(H,16,17). The first-order chi connectivity index (χ1) is 9.95. The van der Waals surface area contributed by atoms with Crippen LogP contribution in [0.15, 0.2) is 27.6 Å². The van der Waals surface area contributed by atoms with Crippen molar-refractivity contribution in [1.82, 2.24) is 10.3 Å². The average Bonchev–Trinajstić information content (AvgIpc) is 2.82. The van der Waals surface area contributed by atoms with E-state index in [1.165, 1.54) is 11.3 Å². The van der Waals surface area contributed by atoms with E-state index in [4.69, 9.17) is 0 Å². The van der Waals surface area contributed by atoms with Gasteiger partial charge in [0.15, 0.2) is 5.13 Å². The number of rotatable bonds is 3. The molecule has 1 aromatic carbocycles. The fraction of sp³-hybridized carbons (Fsp3) is 0.308. The van der Waals surface area contributed by atoms with E-state index in [1.807, 2.05) is 6.07 Å². The van der Waals surface area contributed by atoms with Crippen LogP contribution in [0.3, 0.4) is 0 Å². The number of hydrogen-bond donors (Lipinski definition) is 2. The predicted molar refractivity (Wildman–Crippen MR) is 87.2 cm³/mol. The summed E-state index contributed by atoms with van der Waals surface area (Å²) in [5.74, 6) is 0. The van der Waals surface area contributed by atoms with Crippen LogP contribution in [0.2, 0.25) is 0 Å². The number of sulfonamides is 1. The van der Waals surface area contributed by atoms with Gasteiger partial charge < -0.3 is 5.32 Å². The van der Waals surface area contributed by atoms with Gasteiger partial charge in [-0.1, -0.05) is 33.3 Å². The first kappa shape index (κ1) is 15.0. The number of aryl methyl sites for hydroxylation is 1. The third kappa shape index (κ3) is 3.13. The number of benzene rings is 1. The number of aromatic nitrogens is 1. The molecule has 8 heteroatoms. The summed E-state index contributed by atoms with van der Waals surface area (Å²) in [5.41, 5.74) is 1.69. The van der Waals surface area contributed by atoms with Crippen molar-refractivity contribution in [2.24, 2.45) is 0 Å². The highest BCUT2D eigenvalue weighted by Crippen LogP contribution is 2.28. The maximum Gasteiger partial charge on any atom is 0.263 e. The number of anilines is 1. The summed E-state index contributed by atoms with van der Waals surface area (Å²) in [7, 11) is -3.62. The van der Waals surface area contributed by atoms with Crippen LogP contribution in [0, 0.1) is 6.92 Å². The molecule has 1 aliphatic heterocycles. The van der Waals surface area contributed by atoms with E-state index in [2.05, 4.69) is 31.0 Å². The Bertz CT molecular complexity index is 763. The summed E-state index contributed by atoms with van der Waals surface area (Å²) in [6.07, 6.45) is 0.837. The van der Waals surface area contributed by atoms with Crippen molar-refractivity contribution >= 4 is 42.4 Å². The summed E-state index contributed by atoms with van der Waals surface area (Å²) < 4.78 is 28.3. The van der Waals surface area contributed by atoms with Gasteiger partial charge >= 0.3 is 0 Å². The highest BCUT2D eigenvalue weighted by molar-refractivity contribution is 9.10. The van der Waals surface area contributed by atoms with E-state index >= 15 is 0 Å². The van der Waals surface area contributed by atoms with Crippen LogP contribution in [0.4, 0.5) is 5.13 Å². The van der Waals surface area contributed by atoms with Crippen LogP contribution in [0.5, 0.6) is 0 Å². The van der Waals surface area contributed by atoms with E-state index < -0.39 is 10.0 Å². The van der Waals surface area contributed by atoms with Crippen molar-refractivity contribution in [2.75, 3.05) is 11.3 Å². The molecule has 3 rings (SSSR count). The molecule has 0 bridgehead atoms. The maximum absolute atomic E-state index is 12.5. The molecule has 2 aromatic rings. The van der Waals surface area contributed by atoms with Gasteiger partial charge in [-0.05, 0) is 24.6 Å². The van der Waals surface area contributed by atoms with Crippen molar-refractivity contribution in [2.45, 2.75) is 24.8 Å². The van der Waals surface area contributed by atoms with E-state index in [0.717, 1.165) is 34.6 Å². The Morgan fingerprint density at radius 3 is 3.00 bits per heavy atom. The van der Waals surface area contributed by atoms with E-state index in [1.54, 1.807) is 19.1 Å². The minimum absolute atomic E-state index is 0.267. The molecule has 5 nitrogen and oxygen atoms in total. The van der Waals surface area contributed by atoms with Gasteiger partial charge in [-0.2, -0.15) is 0 Å². The van der Waals surface area contributed by atoms with Crippen LogP contribution < -0.4 is 10.0 Å². The van der Waals surface area contributed by atoms with Gasteiger partial charge in [-0.15, -0.1) is 0 Å². The Hall–Kier alpha value is -0.960. The molecule has 2 heterocycles. The lowest BCUT2D eigenvalue weighted by Crippen LogP contribution is -2.22. The predicted octanol–water partition coefficient (Wildman–Crippen LogP) is 2.66. The zero-order valence-corrected chi connectivity index (χ0v) is 14.5. The molecule has 0 spiro atoms. The summed E-state index contributed by atoms with van der Waals surface area (Å²) in [6, 6.07) is 5.20. The van der Waals surface area contributed by atoms with Crippen molar-refractivity contribution in [3.63, 3.8) is 0 Å². The second-order valence-corrected chi connectivity index (χ2v) is 8.48. The quantitative estimate of drug-likeness (QED) is 0.848. The molecule has 2 N–H and O–H groups in total. The molecular weight excluding hydrogens is 374 g/mol. The molecule has 21 heavy (non-hydrogen) atoms. The van der Waals surface area contributed by atoms with Gasteiger partial charge in [-0.25, -0.2) is 13.4 Å². The molecule has 0 saturated carbocycles. The minimum atomic E-state index is -3.62. The second kappa shape index (κ2) is 5.68. The molecule has 0 aliphatic carbocycles. The zero-order chi connectivity index (χ0) is 15.0. The van der Waals surface area contributed by atoms with Gasteiger partial charge in [0.05, 0.1) is 10.6 Å². The highest BCUT2D eigenvalue weighted by atomic mass is 79.9. The molecule has 112 valence electrons. The Morgan fingerprint density at radius 1 is 1.43 bits per heavy atom. The lowest BCUT2D eigenvalue weighted by molar-refractivity contribution is 0.600. The molecule has 0 unspecified atom stereocenters. The number of fused-ring (bicyclic) bond motifs is 1. The van der Waals surface area contributed by atoms with E-state index in [0.29, 0.717) is 10.7 Å². The smallest absolute Gasteiger partial charge is 0.263 e. The van der Waals surface area contributed by atoms with Crippen molar-refractivity contribution in [3.05, 3.63) is 38.8 Å².